The minimum Gasteiger partial charge on any atom is -0.423 e. The Morgan fingerprint density at radius 3 is 2.65 bits per heavy atom. The molecule has 0 aliphatic rings. The molecule has 0 radical (unpaired) electrons. The zero-order chi connectivity index (χ0) is 12.6. The fraction of sp³-hybridized carbons (Fsp3) is 0.182. The lowest BCUT2D eigenvalue weighted by Crippen LogP contribution is -2.01. The quantitative estimate of drug-likeness (QED) is 0.630. The van der Waals surface area contributed by atoms with Gasteiger partial charge in [-0.25, -0.2) is 4.79 Å². The Labute approximate surface area is 96.9 Å². The summed E-state index contributed by atoms with van der Waals surface area (Å²) in [5.74, 6) is 0. The molecule has 0 bridgehead atoms. The van der Waals surface area contributed by atoms with E-state index < -0.39 is 19.4 Å². The predicted octanol–water partition coefficient (Wildman–Crippen LogP) is 1.78. The largest absolute Gasteiger partial charge is 0.423 e. The van der Waals surface area contributed by atoms with Gasteiger partial charge in [0.15, 0.2) is 0 Å². The summed E-state index contributed by atoms with van der Waals surface area (Å²) in [6.45, 7) is 1.84. The first-order valence-corrected chi connectivity index (χ1v) is 6.73. The SMILES string of the molecule is Cc1ccc2c(CP(=O)(O)O)cc(=O)oc2c1. The van der Waals surface area contributed by atoms with Crippen LogP contribution in [0.1, 0.15) is 11.1 Å². The summed E-state index contributed by atoms with van der Waals surface area (Å²) in [5.41, 5.74) is 0.964. The molecule has 2 aromatic rings. The third-order valence-electron chi connectivity index (χ3n) is 2.36. The summed E-state index contributed by atoms with van der Waals surface area (Å²) >= 11 is 0. The van der Waals surface area contributed by atoms with E-state index in [9.17, 15) is 9.36 Å². The van der Waals surface area contributed by atoms with E-state index in [1.165, 1.54) is 0 Å². The Morgan fingerprint density at radius 1 is 1.29 bits per heavy atom. The maximum absolute atomic E-state index is 11.3. The molecule has 0 amide bonds. The Balaban J connectivity index is 2.70. The molecule has 0 saturated carbocycles. The average Bonchev–Trinajstić information content (AvgIpc) is 2.13. The third kappa shape index (κ3) is 2.82. The molecule has 0 unspecified atom stereocenters. The highest BCUT2D eigenvalue weighted by Gasteiger charge is 2.17. The number of fused-ring (bicyclic) bond motifs is 1. The Hall–Kier alpha value is -1.42. The van der Waals surface area contributed by atoms with Crippen LogP contribution in [0.15, 0.2) is 33.5 Å². The molecule has 0 spiro atoms. The average molecular weight is 254 g/mol. The molecule has 2 rings (SSSR count). The molecule has 2 N–H and O–H groups in total. The van der Waals surface area contributed by atoms with Crippen molar-refractivity contribution in [3.05, 3.63) is 45.8 Å². The van der Waals surface area contributed by atoms with E-state index in [4.69, 9.17) is 14.2 Å². The van der Waals surface area contributed by atoms with Gasteiger partial charge in [-0.15, -0.1) is 0 Å². The van der Waals surface area contributed by atoms with Crippen molar-refractivity contribution in [2.45, 2.75) is 13.1 Å². The van der Waals surface area contributed by atoms with E-state index in [0.29, 0.717) is 16.5 Å². The van der Waals surface area contributed by atoms with Crippen LogP contribution in [0, 0.1) is 6.92 Å². The monoisotopic (exact) mass is 254 g/mol. The summed E-state index contributed by atoms with van der Waals surface area (Å²) in [6.07, 6.45) is -0.460. The maximum atomic E-state index is 11.3. The van der Waals surface area contributed by atoms with Gasteiger partial charge in [0.25, 0.3) is 0 Å². The Morgan fingerprint density at radius 2 is 2.00 bits per heavy atom. The molecule has 0 fully saturated rings. The van der Waals surface area contributed by atoms with Crippen LogP contribution in [0.5, 0.6) is 0 Å². The van der Waals surface area contributed by atoms with Gasteiger partial charge in [0, 0.05) is 11.5 Å². The standard InChI is InChI=1S/C11H11O5P/c1-7-2-3-9-8(6-17(13,14)15)5-11(12)16-10(9)4-7/h2-5H,6H2,1H3,(H2,13,14,15). The number of aryl methyl sites for hydroxylation is 1. The van der Waals surface area contributed by atoms with Crippen molar-refractivity contribution in [2.24, 2.45) is 0 Å². The lowest BCUT2D eigenvalue weighted by atomic mass is 10.1. The molecule has 6 heteroatoms. The van der Waals surface area contributed by atoms with E-state index in [1.54, 1.807) is 18.2 Å². The van der Waals surface area contributed by atoms with Gasteiger partial charge in [-0.1, -0.05) is 12.1 Å². The molecule has 1 aromatic carbocycles. The number of benzene rings is 1. The van der Waals surface area contributed by atoms with Gasteiger partial charge in [-0.3, -0.25) is 4.57 Å². The number of rotatable bonds is 2. The first-order valence-electron chi connectivity index (χ1n) is 4.93. The zero-order valence-corrected chi connectivity index (χ0v) is 9.98. The van der Waals surface area contributed by atoms with Gasteiger partial charge in [0.1, 0.15) is 5.58 Å². The number of hydrogen-bond donors (Lipinski definition) is 2. The zero-order valence-electron chi connectivity index (χ0n) is 9.08. The molecule has 90 valence electrons. The van der Waals surface area contributed by atoms with Gasteiger partial charge in [0.05, 0.1) is 6.16 Å². The van der Waals surface area contributed by atoms with Gasteiger partial charge in [-0.2, -0.15) is 0 Å². The molecule has 5 nitrogen and oxygen atoms in total. The second-order valence-electron chi connectivity index (χ2n) is 3.91. The summed E-state index contributed by atoms with van der Waals surface area (Å²) in [5, 5.41) is 0.554. The lowest BCUT2D eigenvalue weighted by molar-refractivity contribution is 0.372. The smallest absolute Gasteiger partial charge is 0.336 e. The van der Waals surface area contributed by atoms with Crippen molar-refractivity contribution in [1.29, 1.82) is 0 Å². The van der Waals surface area contributed by atoms with Gasteiger partial charge in [0.2, 0.25) is 0 Å². The highest BCUT2D eigenvalue weighted by molar-refractivity contribution is 7.50. The van der Waals surface area contributed by atoms with E-state index in [1.807, 2.05) is 6.92 Å². The van der Waals surface area contributed by atoms with Crippen molar-refractivity contribution >= 4 is 18.6 Å². The Kier molecular flexibility index (Phi) is 2.91. The van der Waals surface area contributed by atoms with Crippen molar-refractivity contribution in [3.63, 3.8) is 0 Å². The van der Waals surface area contributed by atoms with Crippen molar-refractivity contribution < 1.29 is 18.8 Å². The van der Waals surface area contributed by atoms with E-state index >= 15 is 0 Å². The maximum Gasteiger partial charge on any atom is 0.336 e. The van der Waals surface area contributed by atoms with Crippen LogP contribution in [0.2, 0.25) is 0 Å². The van der Waals surface area contributed by atoms with Crippen molar-refractivity contribution in [2.75, 3.05) is 0 Å². The molecule has 17 heavy (non-hydrogen) atoms. The van der Waals surface area contributed by atoms with Crippen LogP contribution in [-0.4, -0.2) is 9.79 Å². The highest BCUT2D eigenvalue weighted by atomic mass is 31.2. The van der Waals surface area contributed by atoms with Crippen LogP contribution >= 0.6 is 7.60 Å². The minimum absolute atomic E-state index is 0.310. The van der Waals surface area contributed by atoms with E-state index in [2.05, 4.69) is 0 Å². The summed E-state index contributed by atoms with van der Waals surface area (Å²) in [7, 11) is -4.20. The van der Waals surface area contributed by atoms with Crippen LogP contribution in [0.25, 0.3) is 11.0 Å². The predicted molar refractivity (Wildman–Crippen MR) is 63.0 cm³/mol. The van der Waals surface area contributed by atoms with Crippen LogP contribution < -0.4 is 5.63 Å². The molecular formula is C11H11O5P. The summed E-state index contributed by atoms with van der Waals surface area (Å²) < 4.78 is 16.0. The third-order valence-corrected chi connectivity index (χ3v) is 3.11. The second-order valence-corrected chi connectivity index (χ2v) is 5.56. The topological polar surface area (TPSA) is 87.7 Å². The molecule has 0 atom stereocenters. The molecule has 0 saturated heterocycles. The molecular weight excluding hydrogens is 243 g/mol. The van der Waals surface area contributed by atoms with Gasteiger partial charge < -0.3 is 14.2 Å². The van der Waals surface area contributed by atoms with Crippen molar-refractivity contribution in [1.82, 2.24) is 0 Å². The van der Waals surface area contributed by atoms with E-state index in [-0.39, 0.29) is 0 Å². The minimum atomic E-state index is -4.20. The van der Waals surface area contributed by atoms with Gasteiger partial charge >= 0.3 is 13.2 Å². The second kappa shape index (κ2) is 4.11. The molecule has 1 aromatic heterocycles. The fourth-order valence-electron chi connectivity index (χ4n) is 1.69. The lowest BCUT2D eigenvalue weighted by Gasteiger charge is -2.07. The first kappa shape index (κ1) is 12.0. The fourth-order valence-corrected chi connectivity index (χ4v) is 2.40. The van der Waals surface area contributed by atoms with Crippen LogP contribution in [0.4, 0.5) is 0 Å². The molecule has 0 aliphatic carbocycles. The van der Waals surface area contributed by atoms with Crippen LogP contribution in [-0.2, 0) is 10.7 Å². The molecule has 1 heterocycles. The van der Waals surface area contributed by atoms with E-state index in [0.717, 1.165) is 11.6 Å². The highest BCUT2D eigenvalue weighted by Crippen LogP contribution is 2.40. The Bertz CT molecular complexity index is 667. The van der Waals surface area contributed by atoms with Gasteiger partial charge in [-0.05, 0) is 24.1 Å². The summed E-state index contributed by atoms with van der Waals surface area (Å²) in [6, 6.07) is 6.28. The summed E-state index contributed by atoms with van der Waals surface area (Å²) in [4.78, 5) is 29.2. The normalized spacial score (nSPS) is 11.9. The van der Waals surface area contributed by atoms with Crippen molar-refractivity contribution in [3.8, 4) is 0 Å². The number of hydrogen-bond acceptors (Lipinski definition) is 3. The molecule has 0 aliphatic heterocycles. The van der Waals surface area contributed by atoms with Crippen LogP contribution in [0.3, 0.4) is 0 Å². The first-order chi connectivity index (χ1) is 7.85.